The predicted molar refractivity (Wildman–Crippen MR) is 110 cm³/mol. The van der Waals surface area contributed by atoms with Crippen molar-refractivity contribution in [2.24, 2.45) is 0 Å². The molecular weight excluding hydrogens is 398 g/mol. The van der Waals surface area contributed by atoms with Crippen LogP contribution in [0.15, 0.2) is 59.1 Å². The zero-order valence-corrected chi connectivity index (χ0v) is 16.9. The lowest BCUT2D eigenvalue weighted by atomic mass is 10.1. The van der Waals surface area contributed by atoms with E-state index in [1.165, 1.54) is 4.80 Å². The van der Waals surface area contributed by atoms with Crippen LogP contribution in [0, 0.1) is 13.8 Å². The first-order valence-corrected chi connectivity index (χ1v) is 9.47. The summed E-state index contributed by atoms with van der Waals surface area (Å²) in [5, 5.41) is 16.2. The van der Waals surface area contributed by atoms with Gasteiger partial charge in [0.15, 0.2) is 0 Å². The highest BCUT2D eigenvalue weighted by molar-refractivity contribution is 6.00. The van der Waals surface area contributed by atoms with Crippen molar-refractivity contribution < 1.29 is 14.1 Å². The van der Waals surface area contributed by atoms with Crippen LogP contribution in [0.3, 0.4) is 0 Å². The Labute approximate surface area is 177 Å². The molecule has 0 radical (unpaired) electrons. The predicted octanol–water partition coefficient (Wildman–Crippen LogP) is 2.07. The quantitative estimate of drug-likeness (QED) is 0.476. The molecule has 2 N–H and O–H groups in total. The van der Waals surface area contributed by atoms with Crippen LogP contribution < -0.4 is 10.9 Å². The molecule has 10 heteroatoms. The second kappa shape index (κ2) is 8.57. The van der Waals surface area contributed by atoms with E-state index in [1.54, 1.807) is 38.1 Å². The smallest absolute Gasteiger partial charge is 0.275 e. The minimum atomic E-state index is -0.493. The number of carbonyl (C=O) groups excluding carboxylic acids is 2. The van der Waals surface area contributed by atoms with Crippen LogP contribution in [0.1, 0.15) is 37.7 Å². The van der Waals surface area contributed by atoms with Gasteiger partial charge in [0.2, 0.25) is 5.82 Å². The molecule has 2 amide bonds. The summed E-state index contributed by atoms with van der Waals surface area (Å²) in [6.45, 7) is 3.69. The Balaban J connectivity index is 1.35. The topological polar surface area (TPSA) is 128 Å². The van der Waals surface area contributed by atoms with Crippen molar-refractivity contribution in [2.75, 3.05) is 0 Å². The van der Waals surface area contributed by atoms with Crippen LogP contribution in [-0.2, 0) is 6.54 Å². The summed E-state index contributed by atoms with van der Waals surface area (Å²) in [5.74, 6) is -0.0130. The van der Waals surface area contributed by atoms with E-state index in [2.05, 4.69) is 31.4 Å². The average Bonchev–Trinajstić information content (AvgIpc) is 3.39. The van der Waals surface area contributed by atoms with Gasteiger partial charge < -0.3 is 4.52 Å². The molecule has 0 saturated carbocycles. The molecule has 4 aromatic rings. The lowest BCUT2D eigenvalue weighted by Crippen LogP contribution is -2.42. The molecule has 2 heterocycles. The van der Waals surface area contributed by atoms with Crippen molar-refractivity contribution in [1.29, 1.82) is 0 Å². The number of amides is 2. The van der Waals surface area contributed by atoms with Crippen molar-refractivity contribution in [2.45, 2.75) is 20.4 Å². The van der Waals surface area contributed by atoms with E-state index in [0.717, 1.165) is 11.1 Å². The number of carbonyl (C=O) groups is 2. The fourth-order valence-electron chi connectivity index (χ4n) is 2.99. The Morgan fingerprint density at radius 2 is 1.68 bits per heavy atom. The molecule has 0 spiro atoms. The van der Waals surface area contributed by atoms with Gasteiger partial charge in [-0.1, -0.05) is 47.6 Å². The van der Waals surface area contributed by atoms with E-state index < -0.39 is 11.8 Å². The summed E-state index contributed by atoms with van der Waals surface area (Å²) in [6, 6.07) is 16.5. The molecule has 0 aliphatic carbocycles. The molecule has 2 aromatic heterocycles. The molecule has 0 saturated heterocycles. The Morgan fingerprint density at radius 3 is 2.35 bits per heavy atom. The van der Waals surface area contributed by atoms with E-state index >= 15 is 0 Å². The summed E-state index contributed by atoms with van der Waals surface area (Å²) in [6.07, 6.45) is 0. The largest absolute Gasteiger partial charge is 0.361 e. The molecular formula is C21H19N7O3. The van der Waals surface area contributed by atoms with Gasteiger partial charge in [0, 0.05) is 11.1 Å². The van der Waals surface area contributed by atoms with Crippen LogP contribution in [0.5, 0.6) is 0 Å². The van der Waals surface area contributed by atoms with Gasteiger partial charge in [0.25, 0.3) is 11.8 Å². The summed E-state index contributed by atoms with van der Waals surface area (Å²) >= 11 is 0. The van der Waals surface area contributed by atoms with Crippen LogP contribution in [0.4, 0.5) is 0 Å². The number of hydrazine groups is 1. The third-order valence-corrected chi connectivity index (χ3v) is 4.57. The maximum atomic E-state index is 12.3. The number of hydrogen-bond acceptors (Lipinski definition) is 7. The number of hydrogen-bond donors (Lipinski definition) is 2. The molecule has 4 rings (SSSR count). The molecule has 31 heavy (non-hydrogen) atoms. The first-order chi connectivity index (χ1) is 15.0. The Kier molecular flexibility index (Phi) is 5.52. The average molecular weight is 417 g/mol. The van der Waals surface area contributed by atoms with E-state index in [0.29, 0.717) is 35.0 Å². The van der Waals surface area contributed by atoms with Crippen LogP contribution >= 0.6 is 0 Å². The number of tetrazole rings is 1. The number of nitrogens with one attached hydrogen (secondary N) is 2. The number of nitrogens with zero attached hydrogens (tertiary/aromatic N) is 5. The third-order valence-electron chi connectivity index (χ3n) is 4.57. The van der Waals surface area contributed by atoms with Gasteiger partial charge in [0.05, 0.1) is 12.2 Å². The van der Waals surface area contributed by atoms with Crippen LogP contribution in [0.25, 0.3) is 11.4 Å². The SMILES string of the molecule is Cc1noc(C)c1C(=O)NNC(=O)c1ccc(Cn2nnc(-c3ccccc3)n2)cc1. The van der Waals surface area contributed by atoms with Gasteiger partial charge >= 0.3 is 0 Å². The van der Waals surface area contributed by atoms with Crippen molar-refractivity contribution >= 4 is 11.8 Å². The van der Waals surface area contributed by atoms with E-state index in [-0.39, 0.29) is 0 Å². The van der Waals surface area contributed by atoms with Gasteiger partial charge in [0.1, 0.15) is 11.3 Å². The summed E-state index contributed by atoms with van der Waals surface area (Å²) in [4.78, 5) is 26.0. The molecule has 156 valence electrons. The second-order valence-corrected chi connectivity index (χ2v) is 6.81. The van der Waals surface area contributed by atoms with Crippen molar-refractivity contribution in [3.63, 3.8) is 0 Å². The molecule has 0 unspecified atom stereocenters. The maximum Gasteiger partial charge on any atom is 0.275 e. The summed E-state index contributed by atoms with van der Waals surface area (Å²) < 4.78 is 4.96. The van der Waals surface area contributed by atoms with Crippen molar-refractivity contribution in [1.82, 2.24) is 36.2 Å². The van der Waals surface area contributed by atoms with Crippen molar-refractivity contribution in [3.8, 4) is 11.4 Å². The molecule has 0 bridgehead atoms. The minimum absolute atomic E-state index is 0.297. The molecule has 10 nitrogen and oxygen atoms in total. The van der Waals surface area contributed by atoms with Gasteiger partial charge in [-0.3, -0.25) is 20.4 Å². The van der Waals surface area contributed by atoms with Gasteiger partial charge in [-0.05, 0) is 36.8 Å². The molecule has 2 aromatic carbocycles. The first-order valence-electron chi connectivity index (χ1n) is 9.47. The standard InChI is InChI=1S/C21H19N7O3/c1-13-18(14(2)31-26-13)21(30)24-23-20(29)17-10-8-15(9-11-17)12-28-25-19(22-27-28)16-6-4-3-5-7-16/h3-11H,12H2,1-2H3,(H,23,29)(H,24,30). The first kappa shape index (κ1) is 20.0. The molecule has 0 aliphatic rings. The van der Waals surface area contributed by atoms with Gasteiger partial charge in [-0.2, -0.15) is 4.80 Å². The molecule has 0 fully saturated rings. The van der Waals surface area contributed by atoms with Gasteiger partial charge in [-0.15, -0.1) is 10.2 Å². The Bertz CT molecular complexity index is 1190. The zero-order valence-electron chi connectivity index (χ0n) is 16.9. The van der Waals surface area contributed by atoms with Crippen molar-refractivity contribution in [3.05, 3.63) is 82.7 Å². The highest BCUT2D eigenvalue weighted by atomic mass is 16.5. The van der Waals surface area contributed by atoms with Crippen LogP contribution in [0.2, 0.25) is 0 Å². The number of aryl methyl sites for hydroxylation is 2. The maximum absolute atomic E-state index is 12.3. The highest BCUT2D eigenvalue weighted by Gasteiger charge is 2.18. The molecule has 0 aliphatic heterocycles. The normalized spacial score (nSPS) is 10.6. The monoisotopic (exact) mass is 417 g/mol. The number of aromatic nitrogens is 5. The van der Waals surface area contributed by atoms with Gasteiger partial charge in [-0.25, -0.2) is 0 Å². The summed E-state index contributed by atoms with van der Waals surface area (Å²) in [5.41, 5.74) is 7.67. The third kappa shape index (κ3) is 4.47. The lowest BCUT2D eigenvalue weighted by Gasteiger charge is -2.08. The minimum Gasteiger partial charge on any atom is -0.361 e. The zero-order chi connectivity index (χ0) is 21.8. The molecule has 0 atom stereocenters. The lowest BCUT2D eigenvalue weighted by molar-refractivity contribution is 0.0845. The Hall–Kier alpha value is -4.34. The van der Waals surface area contributed by atoms with E-state index in [4.69, 9.17) is 4.52 Å². The number of rotatable bonds is 5. The number of benzene rings is 2. The fraction of sp³-hybridized carbons (Fsp3) is 0.143. The van der Waals surface area contributed by atoms with Crippen LogP contribution in [-0.4, -0.2) is 37.2 Å². The van der Waals surface area contributed by atoms with E-state index in [1.807, 2.05) is 30.3 Å². The Morgan fingerprint density at radius 1 is 0.968 bits per heavy atom. The fourth-order valence-corrected chi connectivity index (χ4v) is 2.99. The summed E-state index contributed by atoms with van der Waals surface area (Å²) in [7, 11) is 0. The highest BCUT2D eigenvalue weighted by Crippen LogP contribution is 2.13. The van der Waals surface area contributed by atoms with E-state index in [9.17, 15) is 9.59 Å². The second-order valence-electron chi connectivity index (χ2n) is 6.81.